The summed E-state index contributed by atoms with van der Waals surface area (Å²) in [5, 5.41) is 15.5. The van der Waals surface area contributed by atoms with E-state index in [1.165, 1.54) is 5.56 Å². The molecule has 94 valence electrons. The first-order chi connectivity index (χ1) is 8.84. The van der Waals surface area contributed by atoms with Crippen molar-refractivity contribution in [3.8, 4) is 0 Å². The average molecular weight is 263 g/mol. The molecule has 1 heterocycles. The van der Waals surface area contributed by atoms with E-state index in [0.29, 0.717) is 6.42 Å². The fourth-order valence-corrected chi connectivity index (χ4v) is 2.23. The smallest absolute Gasteiger partial charge is 0.269 e. The van der Waals surface area contributed by atoms with Crippen LogP contribution in [0.4, 0.5) is 5.95 Å². The van der Waals surface area contributed by atoms with Crippen molar-refractivity contribution in [2.24, 2.45) is 0 Å². The summed E-state index contributed by atoms with van der Waals surface area (Å²) in [5.41, 5.74) is 1.26. The highest BCUT2D eigenvalue weighted by Crippen LogP contribution is 2.12. The molecule has 0 aliphatic heterocycles. The molecular formula is C11H13N5OS. The number of benzene rings is 1. The molecule has 18 heavy (non-hydrogen) atoms. The topological polar surface area (TPSA) is 83.6 Å². The van der Waals surface area contributed by atoms with Gasteiger partial charge in [-0.25, -0.2) is 0 Å². The van der Waals surface area contributed by atoms with Crippen LogP contribution in [0.15, 0.2) is 30.3 Å². The highest BCUT2D eigenvalue weighted by Gasteiger charge is 2.05. The van der Waals surface area contributed by atoms with E-state index in [-0.39, 0.29) is 11.9 Å². The minimum absolute atomic E-state index is 0.100. The Morgan fingerprint density at radius 3 is 2.89 bits per heavy atom. The SMILES string of the molecule is O=C(CCSCc1ccccc1)Nc1nn[nH]n1. The van der Waals surface area contributed by atoms with Gasteiger partial charge in [0.25, 0.3) is 5.95 Å². The van der Waals surface area contributed by atoms with Crippen LogP contribution in [0.3, 0.4) is 0 Å². The zero-order chi connectivity index (χ0) is 12.6. The molecule has 6 nitrogen and oxygen atoms in total. The maximum Gasteiger partial charge on any atom is 0.269 e. The van der Waals surface area contributed by atoms with Crippen molar-refractivity contribution < 1.29 is 4.79 Å². The van der Waals surface area contributed by atoms with Crippen LogP contribution in [0.25, 0.3) is 0 Å². The minimum Gasteiger partial charge on any atom is -0.292 e. The maximum atomic E-state index is 11.5. The number of H-pyrrole nitrogens is 1. The Balaban J connectivity index is 1.62. The van der Waals surface area contributed by atoms with Gasteiger partial charge in [-0.05, 0) is 10.8 Å². The Bertz CT molecular complexity index is 473. The van der Waals surface area contributed by atoms with E-state index in [1.807, 2.05) is 18.2 Å². The second-order valence-electron chi connectivity index (χ2n) is 3.57. The number of hydrogen-bond acceptors (Lipinski definition) is 5. The molecule has 1 amide bonds. The molecule has 1 aromatic carbocycles. The number of nitrogens with one attached hydrogen (secondary N) is 2. The average Bonchev–Trinajstić information content (AvgIpc) is 2.89. The Morgan fingerprint density at radius 2 is 2.17 bits per heavy atom. The van der Waals surface area contributed by atoms with Gasteiger partial charge in [0.1, 0.15) is 0 Å². The highest BCUT2D eigenvalue weighted by molar-refractivity contribution is 7.98. The fraction of sp³-hybridized carbons (Fsp3) is 0.273. The van der Waals surface area contributed by atoms with Gasteiger partial charge in [-0.2, -0.15) is 17.0 Å². The molecule has 0 saturated carbocycles. The van der Waals surface area contributed by atoms with Gasteiger partial charge >= 0.3 is 0 Å². The molecule has 0 atom stereocenters. The number of hydrogen-bond donors (Lipinski definition) is 2. The molecule has 2 aromatic rings. The Morgan fingerprint density at radius 1 is 1.33 bits per heavy atom. The molecule has 0 aliphatic carbocycles. The Kier molecular flexibility index (Phi) is 4.71. The summed E-state index contributed by atoms with van der Waals surface area (Å²) >= 11 is 1.72. The Labute approximate surface area is 109 Å². The number of thioether (sulfide) groups is 1. The molecule has 0 bridgehead atoms. The molecular weight excluding hydrogens is 250 g/mol. The van der Waals surface area contributed by atoms with Gasteiger partial charge in [0.2, 0.25) is 5.91 Å². The van der Waals surface area contributed by atoms with E-state index in [1.54, 1.807) is 11.8 Å². The lowest BCUT2D eigenvalue weighted by atomic mass is 10.2. The molecule has 0 unspecified atom stereocenters. The molecule has 7 heteroatoms. The number of nitrogens with zero attached hydrogens (tertiary/aromatic N) is 3. The largest absolute Gasteiger partial charge is 0.292 e. The number of aromatic nitrogens is 4. The van der Waals surface area contributed by atoms with Gasteiger partial charge in [-0.3, -0.25) is 10.1 Å². The van der Waals surface area contributed by atoms with Gasteiger partial charge in [-0.1, -0.05) is 35.4 Å². The van der Waals surface area contributed by atoms with Crippen LogP contribution in [0, 0.1) is 0 Å². The fourth-order valence-electron chi connectivity index (χ4n) is 1.33. The van der Waals surface area contributed by atoms with E-state index < -0.39 is 0 Å². The standard InChI is InChI=1S/C11H13N5OS/c17-10(12-11-13-15-16-14-11)6-7-18-8-9-4-2-1-3-5-9/h1-5H,6-8H2,(H2,12,13,14,15,16,17). The number of carbonyl (C=O) groups is 1. The quantitative estimate of drug-likeness (QED) is 0.771. The summed E-state index contributed by atoms with van der Waals surface area (Å²) in [6.07, 6.45) is 0.437. The minimum atomic E-state index is -0.100. The summed E-state index contributed by atoms with van der Waals surface area (Å²) in [7, 11) is 0. The molecule has 0 aliphatic rings. The van der Waals surface area contributed by atoms with E-state index in [9.17, 15) is 4.79 Å². The number of amides is 1. The predicted molar refractivity (Wildman–Crippen MR) is 70.0 cm³/mol. The summed E-state index contributed by atoms with van der Waals surface area (Å²) < 4.78 is 0. The summed E-state index contributed by atoms with van der Waals surface area (Å²) in [5.74, 6) is 1.79. The van der Waals surface area contributed by atoms with Crippen molar-refractivity contribution in [1.29, 1.82) is 0 Å². The number of carbonyl (C=O) groups excluding carboxylic acids is 1. The van der Waals surface area contributed by atoms with E-state index in [2.05, 4.69) is 38.1 Å². The molecule has 2 N–H and O–H groups in total. The summed E-state index contributed by atoms with van der Waals surface area (Å²) in [4.78, 5) is 11.5. The van der Waals surface area contributed by atoms with E-state index in [4.69, 9.17) is 0 Å². The number of aromatic amines is 1. The van der Waals surface area contributed by atoms with Gasteiger partial charge in [0.15, 0.2) is 0 Å². The lowest BCUT2D eigenvalue weighted by Crippen LogP contribution is -2.13. The number of anilines is 1. The summed E-state index contributed by atoms with van der Waals surface area (Å²) in [6.45, 7) is 0. The summed E-state index contributed by atoms with van der Waals surface area (Å²) in [6, 6.07) is 10.2. The second-order valence-corrected chi connectivity index (χ2v) is 4.68. The predicted octanol–water partition coefficient (Wildman–Crippen LogP) is 1.46. The van der Waals surface area contributed by atoms with Gasteiger partial charge in [0.05, 0.1) is 0 Å². The third-order valence-corrected chi connectivity index (χ3v) is 3.21. The van der Waals surface area contributed by atoms with Crippen molar-refractivity contribution in [2.75, 3.05) is 11.1 Å². The van der Waals surface area contributed by atoms with Crippen LogP contribution < -0.4 is 5.32 Å². The highest BCUT2D eigenvalue weighted by atomic mass is 32.2. The third kappa shape index (κ3) is 4.17. The monoisotopic (exact) mass is 263 g/mol. The lowest BCUT2D eigenvalue weighted by molar-refractivity contribution is -0.115. The first-order valence-corrected chi connectivity index (χ1v) is 6.65. The molecule has 1 aromatic heterocycles. The van der Waals surface area contributed by atoms with Crippen LogP contribution in [-0.4, -0.2) is 32.3 Å². The Hall–Kier alpha value is -1.89. The van der Waals surface area contributed by atoms with Gasteiger partial charge in [0, 0.05) is 17.9 Å². The van der Waals surface area contributed by atoms with Gasteiger partial charge < -0.3 is 0 Å². The normalized spacial score (nSPS) is 10.2. The zero-order valence-corrected chi connectivity index (χ0v) is 10.5. The number of rotatable bonds is 6. The number of tetrazole rings is 1. The molecule has 0 fully saturated rings. The lowest BCUT2D eigenvalue weighted by Gasteiger charge is -2.01. The molecule has 2 rings (SSSR count). The second kappa shape index (κ2) is 6.75. The van der Waals surface area contributed by atoms with Crippen LogP contribution in [0.2, 0.25) is 0 Å². The van der Waals surface area contributed by atoms with Crippen molar-refractivity contribution in [2.45, 2.75) is 12.2 Å². The van der Waals surface area contributed by atoms with Crippen molar-refractivity contribution >= 4 is 23.6 Å². The van der Waals surface area contributed by atoms with Crippen molar-refractivity contribution in [1.82, 2.24) is 20.6 Å². The van der Waals surface area contributed by atoms with Crippen molar-refractivity contribution in [3.05, 3.63) is 35.9 Å². The molecule has 0 saturated heterocycles. The zero-order valence-electron chi connectivity index (χ0n) is 9.67. The van der Waals surface area contributed by atoms with Crippen molar-refractivity contribution in [3.63, 3.8) is 0 Å². The van der Waals surface area contributed by atoms with E-state index in [0.717, 1.165) is 11.5 Å². The van der Waals surface area contributed by atoms with Gasteiger partial charge in [-0.15, -0.1) is 5.10 Å². The first kappa shape index (κ1) is 12.6. The first-order valence-electron chi connectivity index (χ1n) is 5.49. The van der Waals surface area contributed by atoms with Crippen LogP contribution >= 0.6 is 11.8 Å². The third-order valence-electron chi connectivity index (χ3n) is 2.18. The maximum absolute atomic E-state index is 11.5. The molecule has 0 radical (unpaired) electrons. The van der Waals surface area contributed by atoms with Crippen LogP contribution in [0.5, 0.6) is 0 Å². The molecule has 0 spiro atoms. The van der Waals surface area contributed by atoms with E-state index >= 15 is 0 Å². The van der Waals surface area contributed by atoms with Crippen LogP contribution in [0.1, 0.15) is 12.0 Å². The van der Waals surface area contributed by atoms with Crippen LogP contribution in [-0.2, 0) is 10.5 Å².